The van der Waals surface area contributed by atoms with Crippen LogP contribution < -0.4 is 38.5 Å². The Bertz CT molecular complexity index is 1690. The molecule has 1 aromatic carbocycles. The van der Waals surface area contributed by atoms with Crippen LogP contribution in [0.3, 0.4) is 0 Å². The van der Waals surface area contributed by atoms with Gasteiger partial charge in [0, 0.05) is 30.2 Å². The summed E-state index contributed by atoms with van der Waals surface area (Å²) in [7, 11) is 0. The molecule has 0 aliphatic carbocycles. The van der Waals surface area contributed by atoms with Gasteiger partial charge in [0.2, 0.25) is 35.4 Å². The third-order valence-electron chi connectivity index (χ3n) is 9.82. The maximum absolute atomic E-state index is 13.5. The number of aromatic amines is 1. The zero-order valence-corrected chi connectivity index (χ0v) is 30.3. The number of nitrogens with zero attached hydrogens (tertiary/aromatic N) is 2. The van der Waals surface area contributed by atoms with E-state index in [1.54, 1.807) is 6.20 Å². The Morgan fingerprint density at radius 1 is 0.815 bits per heavy atom. The molecular weight excluding hydrogens is 704 g/mol. The van der Waals surface area contributed by atoms with E-state index < -0.39 is 90.3 Å². The summed E-state index contributed by atoms with van der Waals surface area (Å²) in [6, 6.07) is -0.449. The van der Waals surface area contributed by atoms with Crippen LogP contribution in [0.4, 0.5) is 0 Å². The number of hydrogen-bond acceptors (Lipinski definition) is 11. The Morgan fingerprint density at radius 2 is 1.39 bits per heavy atom. The minimum absolute atomic E-state index is 0.0240. The highest BCUT2D eigenvalue weighted by atomic mass is 16.4. The number of carboxylic acid groups (broad SMARTS) is 1. The Balaban J connectivity index is 1.32. The summed E-state index contributed by atoms with van der Waals surface area (Å²) >= 11 is 0. The second-order valence-electron chi connectivity index (χ2n) is 13.6. The average Bonchev–Trinajstić information content (AvgIpc) is 3.93. The molecule has 2 aliphatic rings. The monoisotopic (exact) mass is 756 g/mol. The molecule has 4 rings (SSSR count). The van der Waals surface area contributed by atoms with Gasteiger partial charge < -0.3 is 63.5 Å². The molecule has 19 nitrogen and oxygen atoms in total. The van der Waals surface area contributed by atoms with Crippen LogP contribution in [0.15, 0.2) is 30.5 Å². The summed E-state index contributed by atoms with van der Waals surface area (Å²) in [4.78, 5) is 96.8. The number of fused-ring (bicyclic) bond motifs is 1. The third kappa shape index (κ3) is 10.1. The summed E-state index contributed by atoms with van der Waals surface area (Å²) in [6.07, 6.45) is 3.55. The quantitative estimate of drug-likeness (QED) is 0.0718. The summed E-state index contributed by atoms with van der Waals surface area (Å²) in [6.45, 7) is 0.947. The van der Waals surface area contributed by atoms with Crippen molar-refractivity contribution in [3.05, 3.63) is 36.0 Å². The van der Waals surface area contributed by atoms with Crippen LogP contribution in [0.5, 0.6) is 0 Å². The van der Waals surface area contributed by atoms with Gasteiger partial charge in [0.15, 0.2) is 0 Å². The number of aromatic nitrogens is 1. The van der Waals surface area contributed by atoms with E-state index >= 15 is 0 Å². The number of nitrogens with two attached hydrogens (primary N) is 3. The van der Waals surface area contributed by atoms with Gasteiger partial charge >= 0.3 is 5.97 Å². The first kappa shape index (κ1) is 41.6. The first-order valence-corrected chi connectivity index (χ1v) is 18.2. The van der Waals surface area contributed by atoms with Crippen LogP contribution >= 0.6 is 0 Å². The lowest BCUT2D eigenvalue weighted by atomic mass is 10.0. The van der Waals surface area contributed by atoms with Gasteiger partial charge in [-0.05, 0) is 76.6 Å². The standard InChI is InChI=1S/C35H52N10O9/c1-19(29(47)43-26(18-46)33(51)44-14-4-8-27(44)34(52)45-15-5-9-28(45)35(53)54)40-31(49)24(10-12-36)42-32(50)25(11-13-37)41-30(48)22(38)16-20-17-39-23-7-3-2-6-21(20)23/h2-3,6-7,17,19,22,24-28,39,46H,4-5,8-16,18,36-38H2,1H3,(H,40,49)(H,41,48)(H,42,50)(H,43,47)(H,53,54)/t19-,22-,24-,25-,26-,27+,28-/m0/s1. The molecule has 0 saturated carbocycles. The van der Waals surface area contributed by atoms with E-state index in [9.17, 15) is 43.8 Å². The van der Waals surface area contributed by atoms with E-state index in [0.29, 0.717) is 25.7 Å². The molecule has 0 spiro atoms. The molecule has 0 unspecified atom stereocenters. The van der Waals surface area contributed by atoms with Crippen molar-refractivity contribution >= 4 is 52.3 Å². The smallest absolute Gasteiger partial charge is 0.326 e. The molecule has 0 bridgehead atoms. The molecule has 2 saturated heterocycles. The highest BCUT2D eigenvalue weighted by Crippen LogP contribution is 2.25. The van der Waals surface area contributed by atoms with Crippen LogP contribution in [-0.2, 0) is 40.0 Å². The SMILES string of the molecule is C[C@H](NC(=O)[C@H](CCN)NC(=O)[C@H](CCN)NC(=O)[C@@H](N)Cc1c[nH]c2ccccc12)C(=O)N[C@@H](CO)C(=O)N1CCC[C@@H]1C(=O)N1CCC[C@H]1C(=O)O. The van der Waals surface area contributed by atoms with Crippen molar-refractivity contribution in [1.82, 2.24) is 36.1 Å². The molecule has 296 valence electrons. The van der Waals surface area contributed by atoms with E-state index in [2.05, 4.69) is 26.3 Å². The Morgan fingerprint density at radius 3 is 2.02 bits per heavy atom. The lowest BCUT2D eigenvalue weighted by molar-refractivity contribution is -0.152. The number of rotatable bonds is 18. The number of H-pyrrole nitrogens is 1. The Labute approximate surface area is 312 Å². The number of hydrogen-bond donors (Lipinski definition) is 10. The fourth-order valence-corrected chi connectivity index (χ4v) is 6.88. The number of carbonyl (C=O) groups excluding carboxylic acids is 6. The maximum Gasteiger partial charge on any atom is 0.326 e. The molecule has 6 amide bonds. The van der Waals surface area contributed by atoms with Crippen LogP contribution in [0.2, 0.25) is 0 Å². The molecule has 13 N–H and O–H groups in total. The Kier molecular flexibility index (Phi) is 14.9. The largest absolute Gasteiger partial charge is 0.480 e. The van der Waals surface area contributed by atoms with Gasteiger partial charge in [-0.25, -0.2) is 4.79 Å². The third-order valence-corrected chi connectivity index (χ3v) is 9.82. The van der Waals surface area contributed by atoms with Crippen molar-refractivity contribution in [3.63, 3.8) is 0 Å². The predicted molar refractivity (Wildman–Crippen MR) is 195 cm³/mol. The van der Waals surface area contributed by atoms with Crippen LogP contribution in [0, 0.1) is 0 Å². The van der Waals surface area contributed by atoms with Gasteiger partial charge in [-0.15, -0.1) is 0 Å². The summed E-state index contributed by atoms with van der Waals surface area (Å²) in [5, 5.41) is 30.5. The lowest BCUT2D eigenvalue weighted by Gasteiger charge is -2.32. The second-order valence-corrected chi connectivity index (χ2v) is 13.6. The minimum Gasteiger partial charge on any atom is -0.480 e. The molecule has 1 aromatic heterocycles. The molecule has 19 heteroatoms. The second kappa shape index (κ2) is 19.3. The van der Waals surface area contributed by atoms with Crippen molar-refractivity contribution in [2.45, 2.75) is 94.2 Å². The summed E-state index contributed by atoms with van der Waals surface area (Å²) in [5.41, 5.74) is 19.4. The number of aliphatic carboxylic acids is 1. The highest BCUT2D eigenvalue weighted by molar-refractivity contribution is 5.97. The average molecular weight is 757 g/mol. The Hall–Kier alpha value is -5.11. The van der Waals surface area contributed by atoms with Crippen LogP contribution in [-0.4, -0.2) is 141 Å². The summed E-state index contributed by atoms with van der Waals surface area (Å²) < 4.78 is 0. The van der Waals surface area contributed by atoms with Crippen molar-refractivity contribution in [3.8, 4) is 0 Å². The molecule has 7 atom stereocenters. The van der Waals surface area contributed by atoms with E-state index in [1.165, 1.54) is 16.7 Å². The molecule has 2 aromatic rings. The van der Waals surface area contributed by atoms with E-state index in [-0.39, 0.29) is 45.4 Å². The number of aliphatic hydroxyl groups is 1. The fraction of sp³-hybridized carbons (Fsp3) is 0.571. The van der Waals surface area contributed by atoms with Crippen LogP contribution in [0.25, 0.3) is 10.9 Å². The molecule has 0 radical (unpaired) electrons. The van der Waals surface area contributed by atoms with Gasteiger partial charge in [0.1, 0.15) is 36.3 Å². The molecule has 2 aliphatic heterocycles. The zero-order valence-electron chi connectivity index (χ0n) is 30.3. The van der Waals surface area contributed by atoms with Crippen molar-refractivity contribution < 1.29 is 43.8 Å². The number of aliphatic hydroxyl groups excluding tert-OH is 1. The lowest BCUT2D eigenvalue weighted by Crippen LogP contribution is -2.60. The molecule has 54 heavy (non-hydrogen) atoms. The summed E-state index contributed by atoms with van der Waals surface area (Å²) in [5.74, 6) is -5.28. The number of likely N-dealkylation sites (tertiary alicyclic amines) is 2. The van der Waals surface area contributed by atoms with Gasteiger partial charge in [-0.1, -0.05) is 18.2 Å². The van der Waals surface area contributed by atoms with Crippen molar-refractivity contribution in [1.29, 1.82) is 0 Å². The molecule has 2 fully saturated rings. The van der Waals surface area contributed by atoms with E-state index in [0.717, 1.165) is 16.5 Å². The molecule has 3 heterocycles. The normalized spacial score (nSPS) is 19.7. The number of carbonyl (C=O) groups is 7. The van der Waals surface area contributed by atoms with Crippen molar-refractivity contribution in [2.75, 3.05) is 32.8 Å². The van der Waals surface area contributed by atoms with Gasteiger partial charge in [0.05, 0.1) is 12.6 Å². The molecular formula is C35H52N10O9. The fourth-order valence-electron chi connectivity index (χ4n) is 6.88. The van der Waals surface area contributed by atoms with Crippen molar-refractivity contribution in [2.24, 2.45) is 17.2 Å². The number of para-hydroxylation sites is 1. The predicted octanol–water partition coefficient (Wildman–Crippen LogP) is -3.25. The maximum atomic E-state index is 13.5. The topological polar surface area (TPSA) is 308 Å². The highest BCUT2D eigenvalue weighted by Gasteiger charge is 2.43. The number of amides is 6. The van der Waals surface area contributed by atoms with Gasteiger partial charge in [-0.2, -0.15) is 0 Å². The van der Waals surface area contributed by atoms with E-state index in [4.69, 9.17) is 17.2 Å². The van der Waals surface area contributed by atoms with Gasteiger partial charge in [-0.3, -0.25) is 28.8 Å². The first-order chi connectivity index (χ1) is 25.8. The number of carboxylic acids is 1. The van der Waals surface area contributed by atoms with Gasteiger partial charge in [0.25, 0.3) is 0 Å². The van der Waals surface area contributed by atoms with E-state index in [1.807, 2.05) is 24.3 Å². The van der Waals surface area contributed by atoms with Crippen LogP contribution in [0.1, 0.15) is 51.0 Å². The number of benzene rings is 1. The minimum atomic E-state index is -1.46. The number of nitrogens with one attached hydrogen (secondary N) is 5. The zero-order chi connectivity index (χ0) is 39.5. The first-order valence-electron chi connectivity index (χ1n) is 18.2.